The molecule has 0 aromatic carbocycles. The van der Waals surface area contributed by atoms with Crippen LogP contribution >= 0.6 is 0 Å². The van der Waals surface area contributed by atoms with Crippen LogP contribution in [0.25, 0.3) is 0 Å². The topological polar surface area (TPSA) is 67.6 Å². The van der Waals surface area contributed by atoms with Gasteiger partial charge in [0.2, 0.25) is 0 Å². The number of nitrogens with zero attached hydrogens (tertiary/aromatic N) is 1. The minimum Gasteiger partial charge on any atom is -0.444 e. The molecule has 1 amide bonds. The molecule has 1 aliphatic heterocycles. The van der Waals surface area contributed by atoms with E-state index in [1.54, 1.807) is 0 Å². The standard InChI is InChI=1S/C14H29N3O2/c1-14(2,3)19-13(18)16-10-12-6-9-17(11-12)8-5-4-7-15/h12H,4-11,15H2,1-3H3,(H,16,18). The summed E-state index contributed by atoms with van der Waals surface area (Å²) in [7, 11) is 0. The van der Waals surface area contributed by atoms with Gasteiger partial charge in [0.05, 0.1) is 0 Å². The average molecular weight is 271 g/mol. The van der Waals surface area contributed by atoms with Crippen LogP contribution in [0.2, 0.25) is 0 Å². The normalized spacial score (nSPS) is 20.5. The monoisotopic (exact) mass is 271 g/mol. The summed E-state index contributed by atoms with van der Waals surface area (Å²) in [6, 6.07) is 0. The Hall–Kier alpha value is -0.810. The average Bonchev–Trinajstić information content (AvgIpc) is 2.72. The van der Waals surface area contributed by atoms with Crippen LogP contribution in [0, 0.1) is 5.92 Å². The van der Waals surface area contributed by atoms with E-state index in [0.29, 0.717) is 12.5 Å². The number of hydrogen-bond acceptors (Lipinski definition) is 4. The number of unbranched alkanes of at least 4 members (excludes halogenated alkanes) is 1. The van der Waals surface area contributed by atoms with Crippen molar-refractivity contribution >= 4 is 6.09 Å². The van der Waals surface area contributed by atoms with Gasteiger partial charge in [-0.25, -0.2) is 4.79 Å². The smallest absolute Gasteiger partial charge is 0.407 e. The Balaban J connectivity index is 2.13. The first-order chi connectivity index (χ1) is 8.90. The number of alkyl carbamates (subject to hydrolysis) is 1. The van der Waals surface area contributed by atoms with Crippen molar-refractivity contribution < 1.29 is 9.53 Å². The van der Waals surface area contributed by atoms with E-state index in [9.17, 15) is 4.79 Å². The first kappa shape index (κ1) is 16.2. The van der Waals surface area contributed by atoms with Gasteiger partial charge < -0.3 is 20.7 Å². The van der Waals surface area contributed by atoms with Crippen LogP contribution in [0.4, 0.5) is 4.79 Å². The molecule has 1 unspecified atom stereocenters. The number of carbonyl (C=O) groups excluding carboxylic acids is 1. The number of carbonyl (C=O) groups is 1. The Morgan fingerprint density at radius 2 is 2.16 bits per heavy atom. The Morgan fingerprint density at radius 3 is 2.79 bits per heavy atom. The van der Waals surface area contributed by atoms with Crippen molar-refractivity contribution in [1.82, 2.24) is 10.2 Å². The molecule has 19 heavy (non-hydrogen) atoms. The maximum absolute atomic E-state index is 11.5. The summed E-state index contributed by atoms with van der Waals surface area (Å²) < 4.78 is 5.23. The molecule has 1 rings (SSSR count). The summed E-state index contributed by atoms with van der Waals surface area (Å²) in [6.45, 7) is 10.4. The van der Waals surface area contributed by atoms with Crippen molar-refractivity contribution in [1.29, 1.82) is 0 Å². The minimum absolute atomic E-state index is 0.311. The Morgan fingerprint density at radius 1 is 1.42 bits per heavy atom. The van der Waals surface area contributed by atoms with Crippen molar-refractivity contribution in [2.24, 2.45) is 11.7 Å². The predicted molar refractivity (Wildman–Crippen MR) is 77.1 cm³/mol. The van der Waals surface area contributed by atoms with Gasteiger partial charge in [0.1, 0.15) is 5.60 Å². The third kappa shape index (κ3) is 7.38. The molecule has 0 aromatic rings. The van der Waals surface area contributed by atoms with Crippen LogP contribution in [0.1, 0.15) is 40.0 Å². The number of likely N-dealkylation sites (tertiary alicyclic amines) is 1. The minimum atomic E-state index is -0.423. The van der Waals surface area contributed by atoms with E-state index >= 15 is 0 Å². The zero-order chi connectivity index (χ0) is 14.3. The Bertz CT molecular complexity index is 276. The first-order valence-electron chi connectivity index (χ1n) is 7.30. The number of hydrogen-bond donors (Lipinski definition) is 2. The molecule has 1 aliphatic rings. The highest BCUT2D eigenvalue weighted by Gasteiger charge is 2.23. The maximum atomic E-state index is 11.5. The summed E-state index contributed by atoms with van der Waals surface area (Å²) >= 11 is 0. The molecule has 5 heteroatoms. The highest BCUT2D eigenvalue weighted by Crippen LogP contribution is 2.16. The Kier molecular flexibility index (Phi) is 6.58. The van der Waals surface area contributed by atoms with Crippen molar-refractivity contribution in [3.05, 3.63) is 0 Å². The molecule has 1 heterocycles. The highest BCUT2D eigenvalue weighted by molar-refractivity contribution is 5.67. The van der Waals surface area contributed by atoms with Gasteiger partial charge in [0, 0.05) is 13.1 Å². The van der Waals surface area contributed by atoms with Crippen molar-refractivity contribution in [3.8, 4) is 0 Å². The van der Waals surface area contributed by atoms with E-state index in [2.05, 4.69) is 10.2 Å². The third-order valence-electron chi connectivity index (χ3n) is 3.23. The third-order valence-corrected chi connectivity index (χ3v) is 3.23. The summed E-state index contributed by atoms with van der Waals surface area (Å²) in [5.74, 6) is 0.547. The van der Waals surface area contributed by atoms with Gasteiger partial charge in [-0.3, -0.25) is 0 Å². The first-order valence-corrected chi connectivity index (χ1v) is 7.30. The maximum Gasteiger partial charge on any atom is 0.407 e. The van der Waals surface area contributed by atoms with Gasteiger partial charge in [-0.2, -0.15) is 0 Å². The predicted octanol–water partition coefficient (Wildman–Crippen LogP) is 1.57. The summed E-state index contributed by atoms with van der Waals surface area (Å²) in [6.07, 6.45) is 3.10. The molecule has 0 aromatic heterocycles. The van der Waals surface area contributed by atoms with Crippen LogP contribution < -0.4 is 11.1 Å². The lowest BCUT2D eigenvalue weighted by Crippen LogP contribution is -2.36. The molecule has 5 nitrogen and oxygen atoms in total. The molecule has 1 saturated heterocycles. The molecule has 0 saturated carbocycles. The van der Waals surface area contributed by atoms with Crippen LogP contribution in [-0.4, -0.2) is 49.3 Å². The molecule has 1 fully saturated rings. The SMILES string of the molecule is CC(C)(C)OC(=O)NCC1CCN(CCCCN)C1. The molecule has 0 bridgehead atoms. The van der Waals surface area contributed by atoms with E-state index < -0.39 is 5.60 Å². The molecular formula is C14H29N3O2. The van der Waals surface area contributed by atoms with Crippen LogP contribution in [-0.2, 0) is 4.74 Å². The van der Waals surface area contributed by atoms with Gasteiger partial charge in [0.25, 0.3) is 0 Å². The lowest BCUT2D eigenvalue weighted by Gasteiger charge is -2.21. The van der Waals surface area contributed by atoms with Crippen LogP contribution in [0.5, 0.6) is 0 Å². The Labute approximate surface area is 116 Å². The van der Waals surface area contributed by atoms with Gasteiger partial charge >= 0.3 is 6.09 Å². The zero-order valence-corrected chi connectivity index (χ0v) is 12.6. The number of rotatable bonds is 6. The fraction of sp³-hybridized carbons (Fsp3) is 0.929. The summed E-state index contributed by atoms with van der Waals surface area (Å²) in [5, 5.41) is 2.86. The van der Waals surface area contributed by atoms with Crippen molar-refractivity contribution in [2.45, 2.75) is 45.6 Å². The van der Waals surface area contributed by atoms with Gasteiger partial charge in [0.15, 0.2) is 0 Å². The quantitative estimate of drug-likeness (QED) is 0.720. The van der Waals surface area contributed by atoms with Gasteiger partial charge in [-0.1, -0.05) is 0 Å². The lowest BCUT2D eigenvalue weighted by atomic mass is 10.1. The molecule has 0 aliphatic carbocycles. The second kappa shape index (κ2) is 7.70. The van der Waals surface area contributed by atoms with E-state index in [1.807, 2.05) is 20.8 Å². The molecule has 3 N–H and O–H groups in total. The highest BCUT2D eigenvalue weighted by atomic mass is 16.6. The molecule has 112 valence electrons. The lowest BCUT2D eigenvalue weighted by molar-refractivity contribution is 0.0519. The van der Waals surface area contributed by atoms with Crippen LogP contribution in [0.3, 0.4) is 0 Å². The second-order valence-corrected chi connectivity index (χ2v) is 6.33. The zero-order valence-electron chi connectivity index (χ0n) is 12.6. The van der Waals surface area contributed by atoms with E-state index in [-0.39, 0.29) is 6.09 Å². The molecular weight excluding hydrogens is 242 g/mol. The number of nitrogens with one attached hydrogen (secondary N) is 1. The summed E-state index contributed by atoms with van der Waals surface area (Å²) in [4.78, 5) is 14.0. The van der Waals surface area contributed by atoms with E-state index in [4.69, 9.17) is 10.5 Å². The fourth-order valence-corrected chi connectivity index (χ4v) is 2.30. The fourth-order valence-electron chi connectivity index (χ4n) is 2.30. The van der Waals surface area contributed by atoms with Gasteiger partial charge in [-0.05, 0) is 65.6 Å². The van der Waals surface area contributed by atoms with E-state index in [0.717, 1.165) is 39.0 Å². The molecule has 1 atom stereocenters. The largest absolute Gasteiger partial charge is 0.444 e. The van der Waals surface area contributed by atoms with Crippen molar-refractivity contribution in [2.75, 3.05) is 32.7 Å². The second-order valence-electron chi connectivity index (χ2n) is 6.33. The summed E-state index contributed by atoms with van der Waals surface area (Å²) in [5.41, 5.74) is 5.07. The number of amides is 1. The molecule has 0 radical (unpaired) electrons. The van der Waals surface area contributed by atoms with E-state index in [1.165, 1.54) is 6.42 Å². The van der Waals surface area contributed by atoms with Crippen LogP contribution in [0.15, 0.2) is 0 Å². The number of ether oxygens (including phenoxy) is 1. The molecule has 0 spiro atoms. The van der Waals surface area contributed by atoms with Crippen molar-refractivity contribution in [3.63, 3.8) is 0 Å². The van der Waals surface area contributed by atoms with Gasteiger partial charge in [-0.15, -0.1) is 0 Å². The number of nitrogens with two attached hydrogens (primary N) is 1.